The minimum absolute atomic E-state index is 0.0742. The highest BCUT2D eigenvalue weighted by atomic mass is 19.4. The molecule has 0 saturated heterocycles. The van der Waals surface area contributed by atoms with Crippen LogP contribution in [0, 0.1) is 29.6 Å². The molecule has 0 heterocycles. The van der Waals surface area contributed by atoms with Crippen molar-refractivity contribution in [2.75, 3.05) is 0 Å². The van der Waals surface area contributed by atoms with Gasteiger partial charge >= 0.3 is 12.4 Å². The molecule has 0 aromatic rings. The van der Waals surface area contributed by atoms with Crippen molar-refractivity contribution in [3.63, 3.8) is 0 Å². The Bertz CT molecular complexity index is 411. The monoisotopic (exact) mass is 346 g/mol. The fourth-order valence-electron chi connectivity index (χ4n) is 4.67. The van der Waals surface area contributed by atoms with Crippen molar-refractivity contribution in [1.29, 1.82) is 0 Å². The zero-order chi connectivity index (χ0) is 17.8. The predicted octanol–water partition coefficient (Wildman–Crippen LogP) is 5.59. The van der Waals surface area contributed by atoms with E-state index in [1.54, 1.807) is 0 Å². The van der Waals surface area contributed by atoms with Gasteiger partial charge in [0, 0.05) is 0 Å². The van der Waals surface area contributed by atoms with Crippen LogP contribution in [-0.2, 0) is 4.74 Å². The van der Waals surface area contributed by atoms with Crippen molar-refractivity contribution in [2.24, 2.45) is 29.6 Å². The van der Waals surface area contributed by atoms with Crippen molar-refractivity contribution in [2.45, 2.75) is 71.0 Å². The first-order valence-corrected chi connectivity index (χ1v) is 8.11. The summed E-state index contributed by atoms with van der Waals surface area (Å²) in [6, 6.07) is 0. The Morgan fingerprint density at radius 2 is 1.43 bits per heavy atom. The molecular formula is C16H24F6O. The molecule has 136 valence electrons. The topological polar surface area (TPSA) is 9.23 Å². The highest BCUT2D eigenvalue weighted by Crippen LogP contribution is 2.60. The fourth-order valence-corrected chi connectivity index (χ4v) is 4.67. The van der Waals surface area contributed by atoms with Gasteiger partial charge in [-0.1, -0.05) is 13.8 Å². The van der Waals surface area contributed by atoms with Crippen LogP contribution in [0.15, 0.2) is 0 Å². The second-order valence-corrected chi connectivity index (χ2v) is 7.57. The molecule has 0 aliphatic heterocycles. The van der Waals surface area contributed by atoms with E-state index in [1.807, 2.05) is 13.8 Å². The number of alkyl halides is 6. The summed E-state index contributed by atoms with van der Waals surface area (Å²) in [5.74, 6) is 0.103. The van der Waals surface area contributed by atoms with Gasteiger partial charge in [0.15, 0.2) is 0 Å². The Balaban J connectivity index is 2.32. The van der Waals surface area contributed by atoms with E-state index >= 15 is 0 Å². The molecule has 0 N–H and O–H groups in total. The molecule has 2 bridgehead atoms. The number of hydrogen-bond donors (Lipinski definition) is 0. The number of rotatable bonds is 4. The molecule has 1 nitrogen and oxygen atoms in total. The van der Waals surface area contributed by atoms with Gasteiger partial charge in [-0.15, -0.1) is 0 Å². The van der Waals surface area contributed by atoms with E-state index in [9.17, 15) is 26.3 Å². The van der Waals surface area contributed by atoms with Crippen LogP contribution in [0.3, 0.4) is 0 Å². The van der Waals surface area contributed by atoms with Gasteiger partial charge in [-0.2, -0.15) is 26.3 Å². The molecule has 2 aliphatic carbocycles. The molecular weight excluding hydrogens is 322 g/mol. The third kappa shape index (κ3) is 3.10. The molecule has 5 unspecified atom stereocenters. The Morgan fingerprint density at radius 1 is 0.913 bits per heavy atom. The van der Waals surface area contributed by atoms with Crippen LogP contribution >= 0.6 is 0 Å². The summed E-state index contributed by atoms with van der Waals surface area (Å²) >= 11 is 0. The van der Waals surface area contributed by atoms with Gasteiger partial charge in [-0.25, -0.2) is 0 Å². The average molecular weight is 346 g/mol. The second kappa shape index (κ2) is 5.81. The van der Waals surface area contributed by atoms with Gasteiger partial charge in [-0.05, 0) is 62.7 Å². The van der Waals surface area contributed by atoms with Crippen molar-refractivity contribution in [1.82, 2.24) is 0 Å². The Hall–Kier alpha value is -0.460. The molecule has 0 aromatic heterocycles. The van der Waals surface area contributed by atoms with Gasteiger partial charge in [0.2, 0.25) is 0 Å². The third-order valence-electron chi connectivity index (χ3n) is 5.94. The van der Waals surface area contributed by atoms with Crippen LogP contribution in [0.25, 0.3) is 0 Å². The maximum Gasteiger partial charge on any atom is 0.426 e. The summed E-state index contributed by atoms with van der Waals surface area (Å²) in [4.78, 5) is 0. The summed E-state index contributed by atoms with van der Waals surface area (Å²) in [5, 5.41) is 0. The van der Waals surface area contributed by atoms with E-state index in [4.69, 9.17) is 0 Å². The standard InChI is InChI=1S/C16H24F6O/c1-8(2)23-14(15(17,18)19,16(20,21)22)7-12-5-11-6-13(12)10(4)9(11)3/h8-13H,5-7H2,1-4H3. The summed E-state index contributed by atoms with van der Waals surface area (Å²) in [7, 11) is 0. The first-order chi connectivity index (χ1) is 10.3. The molecule has 0 aromatic carbocycles. The highest BCUT2D eigenvalue weighted by Gasteiger charge is 2.73. The number of ether oxygens (including phenoxy) is 1. The summed E-state index contributed by atoms with van der Waals surface area (Å²) in [5.41, 5.74) is -4.06. The smallest absolute Gasteiger partial charge is 0.355 e. The first-order valence-electron chi connectivity index (χ1n) is 8.11. The fraction of sp³-hybridized carbons (Fsp3) is 1.00. The van der Waals surface area contributed by atoms with E-state index < -0.39 is 36.4 Å². The molecule has 0 radical (unpaired) electrons. The maximum atomic E-state index is 13.5. The van der Waals surface area contributed by atoms with Crippen LogP contribution in [0.4, 0.5) is 26.3 Å². The molecule has 0 spiro atoms. The lowest BCUT2D eigenvalue weighted by Crippen LogP contribution is -2.61. The van der Waals surface area contributed by atoms with Gasteiger partial charge in [0.25, 0.3) is 5.60 Å². The molecule has 0 amide bonds. The summed E-state index contributed by atoms with van der Waals surface area (Å²) < 4.78 is 85.3. The number of halogens is 6. The Kier molecular flexibility index (Phi) is 4.77. The molecule has 2 aliphatic rings. The van der Waals surface area contributed by atoms with Gasteiger partial charge in [-0.3, -0.25) is 0 Å². The number of fused-ring (bicyclic) bond motifs is 2. The average Bonchev–Trinajstić information content (AvgIpc) is 2.86. The molecule has 23 heavy (non-hydrogen) atoms. The second-order valence-electron chi connectivity index (χ2n) is 7.57. The maximum absolute atomic E-state index is 13.5. The predicted molar refractivity (Wildman–Crippen MR) is 73.7 cm³/mol. The molecule has 7 heteroatoms. The van der Waals surface area contributed by atoms with E-state index in [2.05, 4.69) is 4.74 Å². The van der Waals surface area contributed by atoms with Gasteiger partial charge in [0.1, 0.15) is 0 Å². The lowest BCUT2D eigenvalue weighted by molar-refractivity contribution is -0.393. The normalized spacial score (nSPS) is 35.3. The third-order valence-corrected chi connectivity index (χ3v) is 5.94. The Morgan fingerprint density at radius 3 is 1.78 bits per heavy atom. The largest absolute Gasteiger partial charge is 0.426 e. The zero-order valence-electron chi connectivity index (χ0n) is 13.8. The molecule has 2 fully saturated rings. The van der Waals surface area contributed by atoms with E-state index in [1.165, 1.54) is 13.8 Å². The quantitative estimate of drug-likeness (QED) is 0.603. The molecule has 2 rings (SSSR count). The van der Waals surface area contributed by atoms with Crippen LogP contribution in [0.2, 0.25) is 0 Å². The lowest BCUT2D eigenvalue weighted by atomic mass is 9.71. The van der Waals surface area contributed by atoms with Crippen LogP contribution in [-0.4, -0.2) is 24.1 Å². The number of hydrogen-bond acceptors (Lipinski definition) is 1. The van der Waals surface area contributed by atoms with Gasteiger partial charge < -0.3 is 4.74 Å². The van der Waals surface area contributed by atoms with E-state index in [-0.39, 0.29) is 17.8 Å². The van der Waals surface area contributed by atoms with Crippen molar-refractivity contribution < 1.29 is 31.1 Å². The Labute approximate surface area is 132 Å². The van der Waals surface area contributed by atoms with Crippen molar-refractivity contribution in [3.8, 4) is 0 Å². The summed E-state index contributed by atoms with van der Waals surface area (Å²) in [6.45, 7) is 6.39. The SMILES string of the molecule is CC(C)OC(CC1CC2CC1C(C)C2C)(C(F)(F)F)C(F)(F)F. The van der Waals surface area contributed by atoms with Gasteiger partial charge in [0.05, 0.1) is 6.10 Å². The van der Waals surface area contributed by atoms with E-state index in [0.717, 1.165) is 6.42 Å². The highest BCUT2D eigenvalue weighted by molar-refractivity contribution is 5.04. The summed E-state index contributed by atoms with van der Waals surface area (Å²) in [6.07, 6.45) is -12.0. The molecule has 5 atom stereocenters. The van der Waals surface area contributed by atoms with Crippen LogP contribution in [0.1, 0.15) is 47.0 Å². The minimum atomic E-state index is -5.48. The van der Waals surface area contributed by atoms with E-state index in [0.29, 0.717) is 12.3 Å². The first kappa shape index (κ1) is 18.9. The van der Waals surface area contributed by atoms with Crippen LogP contribution in [0.5, 0.6) is 0 Å². The molecule has 2 saturated carbocycles. The van der Waals surface area contributed by atoms with Crippen LogP contribution < -0.4 is 0 Å². The minimum Gasteiger partial charge on any atom is -0.355 e. The van der Waals surface area contributed by atoms with Crippen molar-refractivity contribution >= 4 is 0 Å². The zero-order valence-corrected chi connectivity index (χ0v) is 13.8. The van der Waals surface area contributed by atoms with Crippen molar-refractivity contribution in [3.05, 3.63) is 0 Å². The lowest BCUT2D eigenvalue weighted by Gasteiger charge is -2.42.